The minimum atomic E-state index is -1.65. The van der Waals surface area contributed by atoms with E-state index in [0.29, 0.717) is 5.69 Å². The van der Waals surface area contributed by atoms with Gasteiger partial charge in [-0.15, -0.1) is 0 Å². The maximum Gasteiger partial charge on any atom is 0.325 e. The van der Waals surface area contributed by atoms with E-state index in [1.807, 2.05) is 78.9 Å². The number of benzene rings is 3. The van der Waals surface area contributed by atoms with Crippen molar-refractivity contribution in [3.05, 3.63) is 102 Å². The van der Waals surface area contributed by atoms with Gasteiger partial charge in [0.2, 0.25) is 5.91 Å². The molecule has 1 saturated heterocycles. The highest BCUT2D eigenvalue weighted by Gasteiger charge is 2.58. The van der Waals surface area contributed by atoms with Crippen molar-refractivity contribution < 1.29 is 23.9 Å². The van der Waals surface area contributed by atoms with Crippen LogP contribution in [-0.2, 0) is 37.1 Å². The van der Waals surface area contributed by atoms with E-state index in [4.69, 9.17) is 9.47 Å². The predicted octanol–water partition coefficient (Wildman–Crippen LogP) is 4.53. The Hall–Kier alpha value is -3.93. The molecule has 4 rings (SSSR count). The number of carbonyl (C=O) groups is 3. The van der Waals surface area contributed by atoms with Gasteiger partial charge in [-0.05, 0) is 29.2 Å². The van der Waals surface area contributed by atoms with Gasteiger partial charge in [-0.25, -0.2) is 0 Å². The number of carbonyl (C=O) groups excluding carboxylic acids is 3. The van der Waals surface area contributed by atoms with E-state index in [-0.39, 0.29) is 32.1 Å². The second kappa shape index (κ2) is 10.3. The standard InChI is InChI=1S/C28H27NO5/c1-21-17-25(30)29(24-15-9-4-10-16-24)20-28(21,26(31)33-18-22-11-5-2-6-12-22)27(32)34-19-23-13-7-3-8-14-23/h2-16,21H,17-20H2,1H3/t21-/m0/s1. The molecule has 0 bridgehead atoms. The van der Waals surface area contributed by atoms with E-state index in [9.17, 15) is 14.4 Å². The average Bonchev–Trinajstić information content (AvgIpc) is 2.88. The SMILES string of the molecule is C[C@H]1CC(=O)N(c2ccccc2)CC1(C(=O)OCc1ccccc1)C(=O)OCc1ccccc1. The van der Waals surface area contributed by atoms with Gasteiger partial charge in [-0.1, -0.05) is 85.8 Å². The molecule has 1 aliphatic rings. The van der Waals surface area contributed by atoms with Crippen molar-refractivity contribution in [3.63, 3.8) is 0 Å². The fraction of sp³-hybridized carbons (Fsp3) is 0.250. The fourth-order valence-electron chi connectivity index (χ4n) is 4.20. The van der Waals surface area contributed by atoms with Gasteiger partial charge >= 0.3 is 11.9 Å². The van der Waals surface area contributed by atoms with Gasteiger partial charge in [0.05, 0.1) is 6.54 Å². The number of ether oxygens (including phenoxy) is 2. The van der Waals surface area contributed by atoms with E-state index in [0.717, 1.165) is 11.1 Å². The second-order valence-electron chi connectivity index (χ2n) is 8.52. The molecule has 0 saturated carbocycles. The lowest BCUT2D eigenvalue weighted by molar-refractivity contribution is -0.179. The van der Waals surface area contributed by atoms with Crippen LogP contribution in [-0.4, -0.2) is 24.4 Å². The lowest BCUT2D eigenvalue weighted by atomic mass is 9.71. The van der Waals surface area contributed by atoms with Gasteiger partial charge in [-0.3, -0.25) is 14.4 Å². The zero-order chi connectivity index (χ0) is 24.0. The Kier molecular flexibility index (Phi) is 7.07. The molecule has 1 aliphatic heterocycles. The molecular formula is C28H27NO5. The molecule has 0 N–H and O–H groups in total. The molecule has 1 atom stereocenters. The van der Waals surface area contributed by atoms with Crippen LogP contribution in [0.3, 0.4) is 0 Å². The van der Waals surface area contributed by atoms with Gasteiger partial charge in [0.15, 0.2) is 5.41 Å². The number of esters is 2. The van der Waals surface area contributed by atoms with E-state index < -0.39 is 23.3 Å². The van der Waals surface area contributed by atoms with Crippen LogP contribution in [0.5, 0.6) is 0 Å². The first-order chi connectivity index (χ1) is 16.5. The van der Waals surface area contributed by atoms with Crippen molar-refractivity contribution in [2.75, 3.05) is 11.4 Å². The molecule has 1 amide bonds. The average molecular weight is 458 g/mol. The Morgan fingerprint density at radius 2 is 1.24 bits per heavy atom. The second-order valence-corrected chi connectivity index (χ2v) is 8.52. The van der Waals surface area contributed by atoms with Crippen molar-refractivity contribution in [2.24, 2.45) is 11.3 Å². The van der Waals surface area contributed by atoms with Gasteiger partial charge in [0.1, 0.15) is 13.2 Å². The Morgan fingerprint density at radius 1 is 0.794 bits per heavy atom. The maximum absolute atomic E-state index is 13.6. The number of amides is 1. The van der Waals surface area contributed by atoms with Crippen molar-refractivity contribution in [1.29, 1.82) is 0 Å². The summed E-state index contributed by atoms with van der Waals surface area (Å²) < 4.78 is 11.3. The van der Waals surface area contributed by atoms with Crippen molar-refractivity contribution >= 4 is 23.5 Å². The first kappa shape index (κ1) is 23.2. The third-order valence-electron chi connectivity index (χ3n) is 6.25. The smallest absolute Gasteiger partial charge is 0.325 e. The van der Waals surface area contributed by atoms with E-state index >= 15 is 0 Å². The molecular weight excluding hydrogens is 430 g/mol. The monoisotopic (exact) mass is 457 g/mol. The summed E-state index contributed by atoms with van der Waals surface area (Å²) in [6.07, 6.45) is 0.0236. The van der Waals surface area contributed by atoms with Crippen LogP contribution < -0.4 is 4.90 Å². The Bertz CT molecular complexity index is 1080. The minimum Gasteiger partial charge on any atom is -0.460 e. The molecule has 34 heavy (non-hydrogen) atoms. The number of piperidine rings is 1. The predicted molar refractivity (Wildman–Crippen MR) is 127 cm³/mol. The lowest BCUT2D eigenvalue weighted by Gasteiger charge is -2.42. The fourth-order valence-corrected chi connectivity index (χ4v) is 4.20. The topological polar surface area (TPSA) is 72.9 Å². The largest absolute Gasteiger partial charge is 0.460 e. The summed E-state index contributed by atoms with van der Waals surface area (Å²) in [5.74, 6) is -2.11. The molecule has 174 valence electrons. The van der Waals surface area contributed by atoms with Crippen molar-refractivity contribution in [1.82, 2.24) is 0 Å². The number of rotatable bonds is 7. The molecule has 0 aromatic heterocycles. The summed E-state index contributed by atoms with van der Waals surface area (Å²) in [4.78, 5) is 41.6. The Morgan fingerprint density at radius 3 is 1.71 bits per heavy atom. The number of anilines is 1. The molecule has 6 nitrogen and oxygen atoms in total. The zero-order valence-electron chi connectivity index (χ0n) is 19.1. The quantitative estimate of drug-likeness (QED) is 0.385. The molecule has 0 aliphatic carbocycles. The molecule has 0 unspecified atom stereocenters. The van der Waals surface area contributed by atoms with Crippen LogP contribution in [0.1, 0.15) is 24.5 Å². The van der Waals surface area contributed by atoms with Crippen LogP contribution in [0, 0.1) is 11.3 Å². The lowest BCUT2D eigenvalue weighted by Crippen LogP contribution is -2.59. The van der Waals surface area contributed by atoms with Crippen LogP contribution in [0.4, 0.5) is 5.69 Å². The van der Waals surface area contributed by atoms with E-state index in [1.54, 1.807) is 19.1 Å². The summed E-state index contributed by atoms with van der Waals surface area (Å²) in [5, 5.41) is 0. The molecule has 1 fully saturated rings. The first-order valence-electron chi connectivity index (χ1n) is 11.3. The minimum absolute atomic E-state index is 0.0236. The van der Waals surface area contributed by atoms with Crippen molar-refractivity contribution in [2.45, 2.75) is 26.6 Å². The van der Waals surface area contributed by atoms with Gasteiger partial charge in [0, 0.05) is 12.1 Å². The van der Waals surface area contributed by atoms with E-state index in [1.165, 1.54) is 4.90 Å². The number of para-hydroxylation sites is 1. The van der Waals surface area contributed by atoms with Gasteiger partial charge in [-0.2, -0.15) is 0 Å². The molecule has 1 heterocycles. The highest BCUT2D eigenvalue weighted by atomic mass is 16.6. The summed E-state index contributed by atoms with van der Waals surface area (Å²) in [6, 6.07) is 27.6. The van der Waals surface area contributed by atoms with Gasteiger partial charge < -0.3 is 14.4 Å². The van der Waals surface area contributed by atoms with Crippen LogP contribution in [0.25, 0.3) is 0 Å². The molecule has 0 radical (unpaired) electrons. The molecule has 3 aromatic rings. The highest BCUT2D eigenvalue weighted by Crippen LogP contribution is 2.41. The zero-order valence-corrected chi connectivity index (χ0v) is 19.1. The van der Waals surface area contributed by atoms with Crippen LogP contribution in [0.2, 0.25) is 0 Å². The molecule has 0 spiro atoms. The van der Waals surface area contributed by atoms with Crippen LogP contribution >= 0.6 is 0 Å². The van der Waals surface area contributed by atoms with Crippen LogP contribution in [0.15, 0.2) is 91.0 Å². The summed E-state index contributed by atoms with van der Waals surface area (Å²) >= 11 is 0. The summed E-state index contributed by atoms with van der Waals surface area (Å²) in [7, 11) is 0. The first-order valence-corrected chi connectivity index (χ1v) is 11.3. The molecule has 3 aromatic carbocycles. The third kappa shape index (κ3) is 4.86. The third-order valence-corrected chi connectivity index (χ3v) is 6.25. The number of hydrogen-bond donors (Lipinski definition) is 0. The number of nitrogens with zero attached hydrogens (tertiary/aromatic N) is 1. The maximum atomic E-state index is 13.6. The van der Waals surface area contributed by atoms with Crippen molar-refractivity contribution in [3.8, 4) is 0 Å². The Balaban J connectivity index is 1.63. The Labute approximate surface area is 199 Å². The highest BCUT2D eigenvalue weighted by molar-refractivity contribution is 6.06. The van der Waals surface area contributed by atoms with Gasteiger partial charge in [0.25, 0.3) is 0 Å². The van der Waals surface area contributed by atoms with E-state index in [2.05, 4.69) is 0 Å². The number of hydrogen-bond acceptors (Lipinski definition) is 5. The summed E-state index contributed by atoms with van der Waals surface area (Å²) in [5.41, 5.74) is 0.592. The normalized spacial score (nSPS) is 17.1. The summed E-state index contributed by atoms with van der Waals surface area (Å²) in [6.45, 7) is 1.64. The molecule has 6 heteroatoms.